The quantitative estimate of drug-likeness (QED) is 0.486. The van der Waals surface area contributed by atoms with Gasteiger partial charge in [-0.25, -0.2) is 13.2 Å². The first-order chi connectivity index (χ1) is 12.8. The van der Waals surface area contributed by atoms with E-state index in [1.54, 1.807) is 6.07 Å². The van der Waals surface area contributed by atoms with Gasteiger partial charge >= 0.3 is 5.97 Å². The number of benzene rings is 1. The van der Waals surface area contributed by atoms with Crippen molar-refractivity contribution in [1.29, 1.82) is 0 Å². The van der Waals surface area contributed by atoms with Crippen molar-refractivity contribution >= 4 is 38.7 Å². The molecule has 0 aliphatic carbocycles. The lowest BCUT2D eigenvalue weighted by Crippen LogP contribution is -2.16. The highest BCUT2D eigenvalue weighted by atomic mass is 32.2. The molecule has 0 atom stereocenters. The molecule has 0 saturated heterocycles. The Morgan fingerprint density at radius 1 is 1.07 bits per heavy atom. The molecule has 27 heavy (non-hydrogen) atoms. The van der Waals surface area contributed by atoms with Crippen LogP contribution in [-0.2, 0) is 10.0 Å². The molecule has 0 radical (unpaired) electrons. The first-order valence-corrected chi connectivity index (χ1v) is 11.3. The van der Waals surface area contributed by atoms with Crippen LogP contribution in [0.1, 0.15) is 53.4 Å². The highest BCUT2D eigenvalue weighted by molar-refractivity contribution is 7.93. The number of carboxylic acids is 1. The average molecular weight is 411 g/mol. The first-order valence-electron chi connectivity index (χ1n) is 8.95. The van der Waals surface area contributed by atoms with Gasteiger partial charge in [0.2, 0.25) is 0 Å². The SMILES string of the molecule is CCCCCCNc1ccc(NS(=O)(=O)c2ccsc2C(=O)O)c(C)c1C. The minimum Gasteiger partial charge on any atom is -0.477 e. The molecule has 8 heteroatoms. The standard InChI is InChI=1S/C19H26N2O4S2/c1-4-5-6-7-11-20-15-8-9-16(14(3)13(15)2)21-27(24,25)17-10-12-26-18(17)19(22)23/h8-10,12,20-21H,4-7,11H2,1-3H3,(H,22,23). The van der Waals surface area contributed by atoms with Crippen molar-refractivity contribution in [2.24, 2.45) is 0 Å². The van der Waals surface area contributed by atoms with E-state index in [2.05, 4.69) is 17.0 Å². The Hall–Kier alpha value is -2.06. The molecule has 0 aliphatic heterocycles. The van der Waals surface area contributed by atoms with Gasteiger partial charge in [0.15, 0.2) is 0 Å². The van der Waals surface area contributed by atoms with Crippen molar-refractivity contribution in [2.75, 3.05) is 16.6 Å². The van der Waals surface area contributed by atoms with Crippen LogP contribution in [0.2, 0.25) is 0 Å². The Bertz CT molecular complexity index is 904. The highest BCUT2D eigenvalue weighted by Gasteiger charge is 2.24. The number of carbonyl (C=O) groups is 1. The number of sulfonamides is 1. The maximum Gasteiger partial charge on any atom is 0.347 e. The molecule has 0 fully saturated rings. The Morgan fingerprint density at radius 2 is 1.74 bits per heavy atom. The molecule has 148 valence electrons. The van der Waals surface area contributed by atoms with E-state index in [1.165, 1.54) is 30.7 Å². The summed E-state index contributed by atoms with van der Waals surface area (Å²) < 4.78 is 27.8. The third-order valence-electron chi connectivity index (χ3n) is 4.49. The number of nitrogens with one attached hydrogen (secondary N) is 2. The number of rotatable bonds is 10. The number of carboxylic acid groups (broad SMARTS) is 1. The smallest absolute Gasteiger partial charge is 0.347 e. The van der Waals surface area contributed by atoms with Gasteiger partial charge < -0.3 is 10.4 Å². The van der Waals surface area contributed by atoms with Crippen LogP contribution in [-0.4, -0.2) is 26.0 Å². The summed E-state index contributed by atoms with van der Waals surface area (Å²) in [7, 11) is -3.97. The van der Waals surface area contributed by atoms with Crippen molar-refractivity contribution in [3.05, 3.63) is 39.6 Å². The topological polar surface area (TPSA) is 95.5 Å². The van der Waals surface area contributed by atoms with Crippen LogP contribution in [0.25, 0.3) is 0 Å². The molecule has 0 saturated carbocycles. The van der Waals surface area contributed by atoms with Gasteiger partial charge in [0.25, 0.3) is 10.0 Å². The molecular weight excluding hydrogens is 384 g/mol. The Morgan fingerprint density at radius 3 is 2.41 bits per heavy atom. The van der Waals surface area contributed by atoms with Crippen LogP contribution in [0.15, 0.2) is 28.5 Å². The summed E-state index contributed by atoms with van der Waals surface area (Å²) in [5, 5.41) is 14.0. The van der Waals surface area contributed by atoms with Crippen LogP contribution in [0.3, 0.4) is 0 Å². The van der Waals surface area contributed by atoms with E-state index in [9.17, 15) is 13.2 Å². The predicted octanol–water partition coefficient (Wildman–Crippen LogP) is 4.86. The van der Waals surface area contributed by atoms with Gasteiger partial charge in [0.1, 0.15) is 9.77 Å². The summed E-state index contributed by atoms with van der Waals surface area (Å²) in [6.45, 7) is 6.84. The predicted molar refractivity (Wildman–Crippen MR) is 111 cm³/mol. The molecule has 2 rings (SSSR count). The van der Waals surface area contributed by atoms with E-state index in [0.717, 1.165) is 41.1 Å². The minimum atomic E-state index is -3.97. The summed E-state index contributed by atoms with van der Waals surface area (Å²) >= 11 is 0.891. The molecule has 0 aliphatic rings. The summed E-state index contributed by atoms with van der Waals surface area (Å²) in [6.07, 6.45) is 4.70. The van der Waals surface area contributed by atoms with Crippen molar-refractivity contribution in [1.82, 2.24) is 0 Å². The normalized spacial score (nSPS) is 11.4. The van der Waals surface area contributed by atoms with Crippen LogP contribution in [0, 0.1) is 13.8 Å². The van der Waals surface area contributed by atoms with Gasteiger partial charge in [0, 0.05) is 12.2 Å². The molecule has 6 nitrogen and oxygen atoms in total. The van der Waals surface area contributed by atoms with E-state index in [1.807, 2.05) is 19.9 Å². The molecule has 1 heterocycles. The van der Waals surface area contributed by atoms with Crippen molar-refractivity contribution in [2.45, 2.75) is 51.3 Å². The molecule has 0 bridgehead atoms. The van der Waals surface area contributed by atoms with Gasteiger partial charge in [-0.1, -0.05) is 26.2 Å². The third kappa shape index (κ3) is 5.23. The van der Waals surface area contributed by atoms with Gasteiger partial charge in [-0.3, -0.25) is 4.72 Å². The molecule has 0 spiro atoms. The van der Waals surface area contributed by atoms with E-state index >= 15 is 0 Å². The second kappa shape index (κ2) is 9.23. The van der Waals surface area contributed by atoms with Crippen LogP contribution in [0.5, 0.6) is 0 Å². The largest absolute Gasteiger partial charge is 0.477 e. The molecule has 1 aromatic heterocycles. The molecule has 2 aromatic rings. The summed E-state index contributed by atoms with van der Waals surface area (Å²) in [4.78, 5) is 10.8. The first kappa shape index (κ1) is 21.2. The fourth-order valence-electron chi connectivity index (χ4n) is 2.76. The Balaban J connectivity index is 2.16. The van der Waals surface area contributed by atoms with Gasteiger partial charge in [0.05, 0.1) is 5.69 Å². The highest BCUT2D eigenvalue weighted by Crippen LogP contribution is 2.29. The maximum atomic E-state index is 12.6. The maximum absolute atomic E-state index is 12.6. The Kier molecular flexibility index (Phi) is 7.26. The Labute approximate surface area is 164 Å². The van der Waals surface area contributed by atoms with Crippen LogP contribution >= 0.6 is 11.3 Å². The van der Waals surface area contributed by atoms with Crippen LogP contribution in [0.4, 0.5) is 11.4 Å². The number of unbranched alkanes of at least 4 members (excludes halogenated alkanes) is 3. The fraction of sp³-hybridized carbons (Fsp3) is 0.421. The molecule has 0 unspecified atom stereocenters. The van der Waals surface area contributed by atoms with Crippen molar-refractivity contribution < 1.29 is 18.3 Å². The lowest BCUT2D eigenvalue weighted by Gasteiger charge is -2.16. The number of aromatic carboxylic acids is 1. The van der Waals surface area contributed by atoms with Crippen molar-refractivity contribution in [3.8, 4) is 0 Å². The second-order valence-electron chi connectivity index (χ2n) is 6.42. The van der Waals surface area contributed by atoms with E-state index < -0.39 is 16.0 Å². The summed E-state index contributed by atoms with van der Waals surface area (Å²) in [6, 6.07) is 4.87. The average Bonchev–Trinajstić information content (AvgIpc) is 3.11. The van der Waals surface area contributed by atoms with Gasteiger partial charge in [-0.05, 0) is 55.0 Å². The minimum absolute atomic E-state index is 0.192. The monoisotopic (exact) mass is 410 g/mol. The van der Waals surface area contributed by atoms with E-state index in [4.69, 9.17) is 5.11 Å². The molecule has 3 N–H and O–H groups in total. The van der Waals surface area contributed by atoms with Gasteiger partial charge in [-0.2, -0.15) is 0 Å². The van der Waals surface area contributed by atoms with E-state index in [-0.39, 0.29) is 9.77 Å². The number of thiophene rings is 1. The molecule has 0 amide bonds. The summed E-state index contributed by atoms with van der Waals surface area (Å²) in [5.41, 5.74) is 3.21. The van der Waals surface area contributed by atoms with E-state index in [0.29, 0.717) is 5.69 Å². The molecule has 1 aromatic carbocycles. The number of hydrogen-bond donors (Lipinski definition) is 3. The fourth-order valence-corrected chi connectivity index (χ4v) is 5.15. The van der Waals surface area contributed by atoms with Gasteiger partial charge in [-0.15, -0.1) is 11.3 Å². The lowest BCUT2D eigenvalue weighted by atomic mass is 10.1. The number of anilines is 2. The zero-order valence-corrected chi connectivity index (χ0v) is 17.5. The second-order valence-corrected chi connectivity index (χ2v) is 8.99. The van der Waals surface area contributed by atoms with Crippen LogP contribution < -0.4 is 10.0 Å². The lowest BCUT2D eigenvalue weighted by molar-refractivity contribution is 0.0698. The number of hydrogen-bond acceptors (Lipinski definition) is 5. The zero-order valence-electron chi connectivity index (χ0n) is 15.8. The summed E-state index contributed by atoms with van der Waals surface area (Å²) in [5.74, 6) is -1.25. The molecular formula is C19H26N2O4S2. The zero-order chi connectivity index (χ0) is 20.0. The van der Waals surface area contributed by atoms with Crippen molar-refractivity contribution in [3.63, 3.8) is 0 Å². The third-order valence-corrected chi connectivity index (χ3v) is 6.93.